The maximum absolute atomic E-state index is 13.1. The van der Waals surface area contributed by atoms with Gasteiger partial charge in [-0.2, -0.15) is 0 Å². The van der Waals surface area contributed by atoms with Crippen molar-refractivity contribution in [2.75, 3.05) is 14.2 Å². The van der Waals surface area contributed by atoms with Gasteiger partial charge in [-0.25, -0.2) is 19.2 Å². The molecule has 0 fully saturated rings. The van der Waals surface area contributed by atoms with Crippen LogP contribution in [0.5, 0.6) is 23.0 Å². The molecule has 5 rings (SSSR count). The number of rotatable bonds is 10. The van der Waals surface area contributed by atoms with Crippen LogP contribution >= 0.6 is 0 Å². The summed E-state index contributed by atoms with van der Waals surface area (Å²) in [5.41, 5.74) is 3.46. The Morgan fingerprint density at radius 1 is 0.404 bits per heavy atom. The normalized spacial score (nSPS) is 11.2. The van der Waals surface area contributed by atoms with Crippen molar-refractivity contribution >= 4 is 24.2 Å². The number of carbonyl (C=O) groups is 4. The molecule has 5 aromatic carbocycles. The molecular weight excluding hydrogens is 664 g/mol. The zero-order valence-electron chi connectivity index (χ0n) is 29.6. The van der Waals surface area contributed by atoms with Crippen molar-refractivity contribution in [3.63, 3.8) is 0 Å². The molecule has 0 aliphatic heterocycles. The summed E-state index contributed by atoms with van der Waals surface area (Å²) in [7, 11) is 2.49. The van der Waals surface area contributed by atoms with E-state index in [1.54, 1.807) is 66.7 Å². The molecule has 10 nitrogen and oxygen atoms in total. The Balaban J connectivity index is 1.19. The summed E-state index contributed by atoms with van der Waals surface area (Å²) in [6.45, 7) is 8.21. The third-order valence-electron chi connectivity index (χ3n) is 8.79. The van der Waals surface area contributed by atoms with Crippen molar-refractivity contribution in [1.82, 2.24) is 0 Å². The van der Waals surface area contributed by atoms with Crippen LogP contribution in [-0.2, 0) is 20.3 Å². The summed E-state index contributed by atoms with van der Waals surface area (Å²) in [6.07, 6.45) is -1.58. The highest BCUT2D eigenvalue weighted by Gasteiger charge is 2.25. The molecule has 0 heterocycles. The summed E-state index contributed by atoms with van der Waals surface area (Å²) in [4.78, 5) is 48.9. The molecule has 266 valence electrons. The van der Waals surface area contributed by atoms with Crippen molar-refractivity contribution < 1.29 is 47.6 Å². The second-order valence-electron chi connectivity index (χ2n) is 12.8. The smallest absolute Gasteiger partial charge is 0.437 e. The first-order valence-corrected chi connectivity index (χ1v) is 16.3. The molecule has 0 unspecified atom stereocenters. The van der Waals surface area contributed by atoms with E-state index in [1.807, 2.05) is 48.5 Å². The molecule has 52 heavy (non-hydrogen) atoms. The molecule has 0 atom stereocenters. The molecule has 0 spiro atoms. The van der Waals surface area contributed by atoms with Crippen LogP contribution in [0.25, 0.3) is 0 Å². The first kappa shape index (κ1) is 36.9. The Labute approximate surface area is 301 Å². The Hall–Kier alpha value is -6.42. The summed E-state index contributed by atoms with van der Waals surface area (Å²) in [6, 6.07) is 34.8. The molecule has 0 saturated carbocycles. The molecule has 0 aromatic heterocycles. The van der Waals surface area contributed by atoms with Crippen LogP contribution in [-0.4, -0.2) is 38.5 Å². The van der Waals surface area contributed by atoms with Crippen LogP contribution in [0.1, 0.15) is 70.7 Å². The van der Waals surface area contributed by atoms with Crippen LogP contribution in [0.4, 0.5) is 9.59 Å². The second-order valence-corrected chi connectivity index (χ2v) is 12.8. The van der Waals surface area contributed by atoms with E-state index in [1.165, 1.54) is 20.3 Å². The average Bonchev–Trinajstić information content (AvgIpc) is 3.15. The van der Waals surface area contributed by atoms with Gasteiger partial charge in [0, 0.05) is 10.8 Å². The van der Waals surface area contributed by atoms with E-state index in [0.29, 0.717) is 23.0 Å². The number of carbonyl (C=O) groups excluding carboxylic acids is 4. The highest BCUT2D eigenvalue weighted by atomic mass is 16.7. The van der Waals surface area contributed by atoms with E-state index in [-0.39, 0.29) is 11.1 Å². The quantitative estimate of drug-likeness (QED) is 0.0791. The van der Waals surface area contributed by atoms with Crippen molar-refractivity contribution in [3.05, 3.63) is 155 Å². The lowest BCUT2D eigenvalue weighted by atomic mass is 9.78. The fourth-order valence-electron chi connectivity index (χ4n) is 5.47. The Morgan fingerprint density at radius 3 is 0.942 bits per heavy atom. The van der Waals surface area contributed by atoms with Crippen LogP contribution in [0.3, 0.4) is 0 Å². The van der Waals surface area contributed by atoms with Gasteiger partial charge in [0.1, 0.15) is 23.0 Å². The number of benzene rings is 5. The first-order valence-electron chi connectivity index (χ1n) is 16.3. The van der Waals surface area contributed by atoms with Gasteiger partial charge in [-0.05, 0) is 89.0 Å². The van der Waals surface area contributed by atoms with Gasteiger partial charge in [-0.15, -0.1) is 0 Å². The standard InChI is InChI=1S/C42H38O10/c1-41(2,31-14-22-35(23-15-31)51-39(45)47-5)29-10-18-33(19-11-29)49-37(43)27-8-7-9-28(26-27)38(44)50-34-20-12-30(13-21-34)42(3,4)32-16-24-36(25-17-32)52-40(46)48-6/h7-26H,1-6H3. The molecule has 0 aliphatic rings. The van der Waals surface area contributed by atoms with Crippen LogP contribution in [0.2, 0.25) is 0 Å². The van der Waals surface area contributed by atoms with Gasteiger partial charge in [0.05, 0.1) is 25.3 Å². The number of esters is 2. The molecule has 0 radical (unpaired) electrons. The highest BCUT2D eigenvalue weighted by molar-refractivity contribution is 5.96. The van der Waals surface area contributed by atoms with Gasteiger partial charge in [0.15, 0.2) is 0 Å². The minimum Gasteiger partial charge on any atom is -0.437 e. The molecular formula is C42H38O10. The lowest BCUT2D eigenvalue weighted by molar-refractivity contribution is 0.0734. The number of methoxy groups -OCH3 is 2. The van der Waals surface area contributed by atoms with E-state index >= 15 is 0 Å². The Morgan fingerprint density at radius 2 is 0.673 bits per heavy atom. The summed E-state index contributed by atoms with van der Waals surface area (Å²) in [5, 5.41) is 0. The largest absolute Gasteiger partial charge is 0.513 e. The van der Waals surface area contributed by atoms with Crippen molar-refractivity contribution in [1.29, 1.82) is 0 Å². The third-order valence-corrected chi connectivity index (χ3v) is 8.79. The average molecular weight is 703 g/mol. The maximum atomic E-state index is 13.1. The van der Waals surface area contributed by atoms with E-state index in [9.17, 15) is 19.2 Å². The first-order chi connectivity index (χ1) is 24.8. The predicted molar refractivity (Wildman–Crippen MR) is 192 cm³/mol. The van der Waals surface area contributed by atoms with E-state index in [4.69, 9.17) is 18.9 Å². The topological polar surface area (TPSA) is 124 Å². The highest BCUT2D eigenvalue weighted by Crippen LogP contribution is 2.35. The third kappa shape index (κ3) is 8.65. The second kappa shape index (κ2) is 15.6. The molecule has 0 amide bonds. The molecule has 0 saturated heterocycles. The molecule has 5 aromatic rings. The van der Waals surface area contributed by atoms with Gasteiger partial charge in [-0.3, -0.25) is 0 Å². The van der Waals surface area contributed by atoms with Crippen LogP contribution < -0.4 is 18.9 Å². The lowest BCUT2D eigenvalue weighted by Crippen LogP contribution is -2.19. The zero-order valence-corrected chi connectivity index (χ0v) is 29.6. The summed E-state index contributed by atoms with van der Waals surface area (Å²) in [5.74, 6) is 0.172. The predicted octanol–water partition coefficient (Wildman–Crippen LogP) is 9.07. The van der Waals surface area contributed by atoms with Crippen molar-refractivity contribution in [2.24, 2.45) is 0 Å². The zero-order chi connectivity index (χ0) is 37.5. The van der Waals surface area contributed by atoms with Gasteiger partial charge in [-0.1, -0.05) is 82.3 Å². The van der Waals surface area contributed by atoms with Gasteiger partial charge < -0.3 is 28.4 Å². The minimum atomic E-state index is -0.789. The number of ether oxygens (including phenoxy) is 6. The lowest BCUT2D eigenvalue weighted by Gasteiger charge is -2.26. The van der Waals surface area contributed by atoms with E-state index < -0.39 is 35.1 Å². The van der Waals surface area contributed by atoms with E-state index in [2.05, 4.69) is 37.2 Å². The van der Waals surface area contributed by atoms with Crippen LogP contribution in [0.15, 0.2) is 121 Å². The molecule has 0 aliphatic carbocycles. The Bertz CT molecular complexity index is 1900. The van der Waals surface area contributed by atoms with Gasteiger partial charge in [0.2, 0.25) is 0 Å². The maximum Gasteiger partial charge on any atom is 0.513 e. The molecule has 0 N–H and O–H groups in total. The van der Waals surface area contributed by atoms with Gasteiger partial charge in [0.25, 0.3) is 0 Å². The van der Waals surface area contributed by atoms with E-state index in [0.717, 1.165) is 22.3 Å². The SMILES string of the molecule is COC(=O)Oc1ccc(C(C)(C)c2ccc(OC(=O)c3cccc(C(=O)Oc4ccc(C(C)(C)c5ccc(OC(=O)OC)cc5)cc4)c3)cc2)cc1. The number of hydrogen-bond donors (Lipinski definition) is 0. The Kier molecular flexibility index (Phi) is 11.1. The fraction of sp³-hybridized carbons (Fsp3) is 0.190. The monoisotopic (exact) mass is 702 g/mol. The summed E-state index contributed by atoms with van der Waals surface area (Å²) < 4.78 is 30.4. The number of hydrogen-bond acceptors (Lipinski definition) is 10. The minimum absolute atomic E-state index is 0.188. The van der Waals surface area contributed by atoms with Crippen LogP contribution in [0, 0.1) is 0 Å². The molecule has 0 bridgehead atoms. The fourth-order valence-corrected chi connectivity index (χ4v) is 5.47. The van der Waals surface area contributed by atoms with Crippen molar-refractivity contribution in [2.45, 2.75) is 38.5 Å². The van der Waals surface area contributed by atoms with Crippen molar-refractivity contribution in [3.8, 4) is 23.0 Å². The molecule has 10 heteroatoms. The van der Waals surface area contributed by atoms with Gasteiger partial charge >= 0.3 is 24.2 Å². The summed E-state index contributed by atoms with van der Waals surface area (Å²) >= 11 is 0.